The zero-order chi connectivity index (χ0) is 18.5. The van der Waals surface area contributed by atoms with Crippen molar-refractivity contribution in [2.75, 3.05) is 4.90 Å². The van der Waals surface area contributed by atoms with Crippen molar-refractivity contribution in [2.45, 2.75) is 6.04 Å². The summed E-state index contributed by atoms with van der Waals surface area (Å²) in [5.41, 5.74) is 5.91. The molecule has 2 aliphatic rings. The van der Waals surface area contributed by atoms with E-state index < -0.39 is 0 Å². The normalized spacial score (nSPS) is 16.4. The molecule has 0 bridgehead atoms. The number of benzene rings is 3. The SMILES string of the molecule is C1#CC2c3c(ccc4ccccc34)-c3cccnc3N2C(c2ccccc2)=C1. The van der Waals surface area contributed by atoms with Gasteiger partial charge in [0.15, 0.2) is 0 Å². The fourth-order valence-corrected chi connectivity index (χ4v) is 4.36. The molecule has 6 rings (SSSR count). The second kappa shape index (κ2) is 5.84. The molecule has 2 heteroatoms. The van der Waals surface area contributed by atoms with E-state index in [1.165, 1.54) is 21.9 Å². The van der Waals surface area contributed by atoms with Crippen LogP contribution in [0.4, 0.5) is 5.82 Å². The highest BCUT2D eigenvalue weighted by Gasteiger charge is 2.35. The number of allylic oxidation sites excluding steroid dienone is 1. The molecule has 3 aromatic carbocycles. The Labute approximate surface area is 163 Å². The first kappa shape index (κ1) is 15.2. The van der Waals surface area contributed by atoms with Crippen molar-refractivity contribution in [3.05, 3.63) is 102 Å². The van der Waals surface area contributed by atoms with Crippen LogP contribution in [0, 0.1) is 11.8 Å². The average molecular weight is 356 g/mol. The molecule has 0 saturated carbocycles. The number of pyridine rings is 1. The highest BCUT2D eigenvalue weighted by molar-refractivity contribution is 6.01. The number of hydrogen-bond donors (Lipinski definition) is 0. The molecule has 0 spiro atoms. The molecule has 2 aliphatic heterocycles. The summed E-state index contributed by atoms with van der Waals surface area (Å²) in [4.78, 5) is 7.08. The molecule has 0 amide bonds. The minimum atomic E-state index is -0.0521. The summed E-state index contributed by atoms with van der Waals surface area (Å²) < 4.78 is 0. The van der Waals surface area contributed by atoms with E-state index in [0.717, 1.165) is 22.6 Å². The molecule has 1 unspecified atom stereocenters. The first-order valence-electron chi connectivity index (χ1n) is 9.45. The van der Waals surface area contributed by atoms with Crippen LogP contribution in [0.1, 0.15) is 17.2 Å². The van der Waals surface area contributed by atoms with Gasteiger partial charge in [-0.1, -0.05) is 78.6 Å². The largest absolute Gasteiger partial charge is 0.306 e. The molecule has 0 N–H and O–H groups in total. The summed E-state index contributed by atoms with van der Waals surface area (Å²) >= 11 is 0. The van der Waals surface area contributed by atoms with Crippen molar-refractivity contribution in [1.82, 2.24) is 4.98 Å². The van der Waals surface area contributed by atoms with Crippen molar-refractivity contribution in [1.29, 1.82) is 0 Å². The lowest BCUT2D eigenvalue weighted by molar-refractivity contribution is 0.857. The van der Waals surface area contributed by atoms with Crippen LogP contribution in [0.15, 0.2) is 91.1 Å². The standard InChI is InChI=1S/C26H16N2/c1-2-9-19(10-3-1)23-13-6-14-24-25-20-11-5-4-8-18(20)15-16-21(25)22-12-7-17-27-26(22)28(23)24/h1-5,7-13,15-17,24H. The van der Waals surface area contributed by atoms with Crippen molar-refractivity contribution in [2.24, 2.45) is 0 Å². The zero-order valence-electron chi connectivity index (χ0n) is 15.1. The summed E-state index contributed by atoms with van der Waals surface area (Å²) in [6, 6.07) is 27.6. The fourth-order valence-electron chi connectivity index (χ4n) is 4.36. The van der Waals surface area contributed by atoms with Crippen molar-refractivity contribution in [3.63, 3.8) is 0 Å². The molecule has 1 atom stereocenters. The average Bonchev–Trinajstić information content (AvgIpc) is 2.79. The lowest BCUT2D eigenvalue weighted by atomic mass is 9.84. The maximum atomic E-state index is 4.78. The van der Waals surface area contributed by atoms with Gasteiger partial charge < -0.3 is 4.90 Å². The van der Waals surface area contributed by atoms with Gasteiger partial charge >= 0.3 is 0 Å². The van der Waals surface area contributed by atoms with Gasteiger partial charge in [-0.2, -0.15) is 0 Å². The summed E-state index contributed by atoms with van der Waals surface area (Å²) in [6.07, 6.45) is 3.88. The van der Waals surface area contributed by atoms with E-state index in [-0.39, 0.29) is 6.04 Å². The second-order valence-corrected chi connectivity index (χ2v) is 7.08. The summed E-state index contributed by atoms with van der Waals surface area (Å²) in [5.74, 6) is 7.73. The maximum absolute atomic E-state index is 4.78. The Morgan fingerprint density at radius 2 is 1.64 bits per heavy atom. The third kappa shape index (κ3) is 2.08. The number of rotatable bonds is 1. The smallest absolute Gasteiger partial charge is 0.142 e. The summed E-state index contributed by atoms with van der Waals surface area (Å²) in [7, 11) is 0. The Morgan fingerprint density at radius 3 is 2.57 bits per heavy atom. The molecule has 1 aromatic heterocycles. The molecule has 3 heterocycles. The van der Waals surface area contributed by atoms with E-state index in [9.17, 15) is 0 Å². The van der Waals surface area contributed by atoms with Crippen molar-refractivity contribution in [3.8, 4) is 23.0 Å². The van der Waals surface area contributed by atoms with E-state index in [1.807, 2.05) is 24.4 Å². The van der Waals surface area contributed by atoms with Crippen LogP contribution >= 0.6 is 0 Å². The number of aromatic nitrogens is 1. The zero-order valence-corrected chi connectivity index (χ0v) is 15.1. The third-order valence-electron chi connectivity index (χ3n) is 5.57. The van der Waals surface area contributed by atoms with E-state index in [0.29, 0.717) is 0 Å². The van der Waals surface area contributed by atoms with Crippen LogP contribution < -0.4 is 4.90 Å². The topological polar surface area (TPSA) is 16.1 Å². The van der Waals surface area contributed by atoms with Crippen LogP contribution in [0.5, 0.6) is 0 Å². The van der Waals surface area contributed by atoms with Crippen LogP contribution in [0.3, 0.4) is 0 Å². The van der Waals surface area contributed by atoms with Crippen molar-refractivity contribution >= 4 is 22.3 Å². The molecular formula is C26H16N2. The number of fused-ring (bicyclic) bond motifs is 8. The highest BCUT2D eigenvalue weighted by Crippen LogP contribution is 2.49. The summed E-state index contributed by atoms with van der Waals surface area (Å²) in [6.45, 7) is 0. The molecule has 2 nitrogen and oxygen atoms in total. The van der Waals surface area contributed by atoms with Crippen molar-refractivity contribution < 1.29 is 0 Å². The van der Waals surface area contributed by atoms with Gasteiger partial charge in [0.1, 0.15) is 11.9 Å². The predicted octanol–water partition coefficient (Wildman–Crippen LogP) is 5.82. The van der Waals surface area contributed by atoms with Gasteiger partial charge in [-0.05, 0) is 34.0 Å². The number of hydrogen-bond acceptors (Lipinski definition) is 2. The maximum Gasteiger partial charge on any atom is 0.142 e. The lowest BCUT2D eigenvalue weighted by Crippen LogP contribution is -2.32. The highest BCUT2D eigenvalue weighted by atomic mass is 15.2. The molecule has 0 aliphatic carbocycles. The first-order valence-corrected chi connectivity index (χ1v) is 9.45. The Hall–Kier alpha value is -3.83. The van der Waals surface area contributed by atoms with Crippen LogP contribution in [-0.2, 0) is 0 Å². The lowest BCUT2D eigenvalue weighted by Gasteiger charge is -2.39. The van der Waals surface area contributed by atoms with Crippen LogP contribution in [0.25, 0.3) is 27.6 Å². The van der Waals surface area contributed by atoms with E-state index in [1.54, 1.807) is 0 Å². The fraction of sp³-hybridized carbons (Fsp3) is 0.0385. The monoisotopic (exact) mass is 356 g/mol. The van der Waals surface area contributed by atoms with Gasteiger partial charge in [0.2, 0.25) is 0 Å². The van der Waals surface area contributed by atoms with E-state index in [2.05, 4.69) is 83.5 Å². The Balaban J connectivity index is 1.69. The van der Waals surface area contributed by atoms with Gasteiger partial charge in [-0.15, -0.1) is 0 Å². The third-order valence-corrected chi connectivity index (χ3v) is 5.57. The van der Waals surface area contributed by atoms with Crippen LogP contribution in [0.2, 0.25) is 0 Å². The van der Waals surface area contributed by atoms with Gasteiger partial charge in [-0.3, -0.25) is 0 Å². The van der Waals surface area contributed by atoms with Gasteiger partial charge in [0.25, 0.3) is 0 Å². The van der Waals surface area contributed by atoms with Gasteiger partial charge in [-0.25, -0.2) is 4.98 Å². The predicted molar refractivity (Wildman–Crippen MR) is 115 cm³/mol. The van der Waals surface area contributed by atoms with E-state index >= 15 is 0 Å². The number of anilines is 1. The van der Waals surface area contributed by atoms with Gasteiger partial charge in [0.05, 0.1) is 5.70 Å². The number of nitrogens with zero attached hydrogens (tertiary/aromatic N) is 2. The minimum absolute atomic E-state index is 0.0521. The Morgan fingerprint density at radius 1 is 0.786 bits per heavy atom. The summed E-state index contributed by atoms with van der Waals surface area (Å²) in [5, 5.41) is 2.50. The molecule has 4 aromatic rings. The Bertz CT molecular complexity index is 1320. The molecule has 0 saturated heterocycles. The Kier molecular flexibility index (Phi) is 3.18. The van der Waals surface area contributed by atoms with Gasteiger partial charge in [0, 0.05) is 23.4 Å². The minimum Gasteiger partial charge on any atom is -0.306 e. The molecule has 0 radical (unpaired) electrons. The van der Waals surface area contributed by atoms with E-state index in [4.69, 9.17) is 4.98 Å². The molecule has 130 valence electrons. The molecule has 28 heavy (non-hydrogen) atoms. The molecule has 0 fully saturated rings. The van der Waals surface area contributed by atoms with Crippen LogP contribution in [-0.4, -0.2) is 4.98 Å². The quantitative estimate of drug-likeness (QED) is 0.399. The molecular weight excluding hydrogens is 340 g/mol. The first-order chi connectivity index (χ1) is 13.9. The second-order valence-electron chi connectivity index (χ2n) is 7.08.